The second-order valence-electron chi connectivity index (χ2n) is 3.19. The first-order valence-corrected chi connectivity index (χ1v) is 4.41. The minimum atomic E-state index is -0.122. The Morgan fingerprint density at radius 1 is 1.47 bits per heavy atom. The molecule has 0 unspecified atom stereocenters. The summed E-state index contributed by atoms with van der Waals surface area (Å²) in [7, 11) is 1.64. The summed E-state index contributed by atoms with van der Waals surface area (Å²) in [4.78, 5) is 19.4. The van der Waals surface area contributed by atoms with Crippen molar-refractivity contribution in [1.29, 1.82) is 0 Å². The molecule has 0 saturated carbocycles. The fourth-order valence-electron chi connectivity index (χ4n) is 1.23. The average Bonchev–Trinajstić information content (AvgIpc) is 2.23. The Bertz CT molecular complexity index is 547. The number of anilines is 1. The normalized spacial score (nSPS) is 10.2. The third-order valence-electron chi connectivity index (χ3n) is 2.11. The van der Waals surface area contributed by atoms with Crippen LogP contribution in [-0.2, 0) is 7.05 Å². The molecular formula is C10H10N4O. The molecule has 0 atom stereocenters. The SMILES string of the molecule is Cn1cnc(-c2cnccc2N)cc1=O. The molecule has 76 valence electrons. The van der Waals surface area contributed by atoms with Gasteiger partial charge < -0.3 is 10.3 Å². The molecule has 2 aromatic heterocycles. The van der Waals surface area contributed by atoms with E-state index in [-0.39, 0.29) is 5.56 Å². The fourth-order valence-corrected chi connectivity index (χ4v) is 1.23. The number of aromatic nitrogens is 3. The van der Waals surface area contributed by atoms with Crippen LogP contribution in [0.4, 0.5) is 5.69 Å². The number of hydrogen-bond acceptors (Lipinski definition) is 4. The molecule has 2 aromatic rings. The van der Waals surface area contributed by atoms with Crippen LogP contribution in [0, 0.1) is 0 Å². The molecule has 0 radical (unpaired) electrons. The molecule has 0 saturated heterocycles. The van der Waals surface area contributed by atoms with E-state index < -0.39 is 0 Å². The third kappa shape index (κ3) is 1.71. The predicted octanol–water partition coefficient (Wildman–Crippen LogP) is 0.424. The molecule has 2 rings (SSSR count). The van der Waals surface area contributed by atoms with Crippen molar-refractivity contribution in [1.82, 2.24) is 14.5 Å². The van der Waals surface area contributed by atoms with E-state index >= 15 is 0 Å². The molecule has 15 heavy (non-hydrogen) atoms. The molecule has 2 heterocycles. The van der Waals surface area contributed by atoms with Gasteiger partial charge >= 0.3 is 0 Å². The minimum Gasteiger partial charge on any atom is -0.398 e. The van der Waals surface area contributed by atoms with Crippen LogP contribution < -0.4 is 11.3 Å². The maximum Gasteiger partial charge on any atom is 0.253 e. The van der Waals surface area contributed by atoms with Gasteiger partial charge in [0.25, 0.3) is 5.56 Å². The zero-order valence-electron chi connectivity index (χ0n) is 8.21. The van der Waals surface area contributed by atoms with Crippen LogP contribution in [0.1, 0.15) is 0 Å². The number of nitrogen functional groups attached to an aromatic ring is 1. The van der Waals surface area contributed by atoms with E-state index in [9.17, 15) is 4.79 Å². The van der Waals surface area contributed by atoms with Crippen LogP contribution in [-0.4, -0.2) is 14.5 Å². The Morgan fingerprint density at radius 3 is 2.93 bits per heavy atom. The number of nitrogens with two attached hydrogens (primary N) is 1. The van der Waals surface area contributed by atoms with E-state index in [0.29, 0.717) is 16.9 Å². The van der Waals surface area contributed by atoms with Crippen LogP contribution in [0.15, 0.2) is 35.6 Å². The molecule has 0 aromatic carbocycles. The van der Waals surface area contributed by atoms with Crippen molar-refractivity contribution >= 4 is 5.69 Å². The monoisotopic (exact) mass is 202 g/mol. The van der Waals surface area contributed by atoms with Crippen LogP contribution >= 0.6 is 0 Å². The Morgan fingerprint density at radius 2 is 2.27 bits per heavy atom. The summed E-state index contributed by atoms with van der Waals surface area (Å²) < 4.78 is 1.40. The third-order valence-corrected chi connectivity index (χ3v) is 2.11. The smallest absolute Gasteiger partial charge is 0.253 e. The lowest BCUT2D eigenvalue weighted by atomic mass is 10.2. The lowest BCUT2D eigenvalue weighted by Gasteiger charge is -2.03. The van der Waals surface area contributed by atoms with E-state index in [1.54, 1.807) is 25.5 Å². The first-order chi connectivity index (χ1) is 7.18. The van der Waals surface area contributed by atoms with Gasteiger partial charge in [-0.3, -0.25) is 9.78 Å². The summed E-state index contributed by atoms with van der Waals surface area (Å²) in [5, 5.41) is 0. The van der Waals surface area contributed by atoms with Gasteiger partial charge in [-0.25, -0.2) is 4.98 Å². The zero-order valence-corrected chi connectivity index (χ0v) is 8.21. The van der Waals surface area contributed by atoms with E-state index in [1.165, 1.54) is 17.0 Å². The second kappa shape index (κ2) is 3.53. The molecule has 0 fully saturated rings. The molecule has 0 amide bonds. The Labute approximate surface area is 86.2 Å². The highest BCUT2D eigenvalue weighted by atomic mass is 16.1. The number of nitrogens with zero attached hydrogens (tertiary/aromatic N) is 3. The van der Waals surface area contributed by atoms with Crippen molar-refractivity contribution in [2.45, 2.75) is 0 Å². The zero-order chi connectivity index (χ0) is 10.8. The van der Waals surface area contributed by atoms with Gasteiger partial charge in [-0.1, -0.05) is 0 Å². The van der Waals surface area contributed by atoms with Crippen LogP contribution in [0.25, 0.3) is 11.3 Å². The number of aryl methyl sites for hydroxylation is 1. The van der Waals surface area contributed by atoms with Gasteiger partial charge in [0.15, 0.2) is 0 Å². The quantitative estimate of drug-likeness (QED) is 0.727. The Hall–Kier alpha value is -2.17. The van der Waals surface area contributed by atoms with Gasteiger partial charge in [0.1, 0.15) is 0 Å². The summed E-state index contributed by atoms with van der Waals surface area (Å²) in [6.45, 7) is 0. The fraction of sp³-hybridized carbons (Fsp3) is 0.100. The highest BCUT2D eigenvalue weighted by Gasteiger charge is 2.04. The summed E-state index contributed by atoms with van der Waals surface area (Å²) in [6.07, 6.45) is 4.65. The highest BCUT2D eigenvalue weighted by molar-refractivity contribution is 5.71. The lowest BCUT2D eigenvalue weighted by Crippen LogP contribution is -2.15. The molecule has 0 bridgehead atoms. The van der Waals surface area contributed by atoms with Crippen molar-refractivity contribution in [3.63, 3.8) is 0 Å². The average molecular weight is 202 g/mol. The largest absolute Gasteiger partial charge is 0.398 e. The van der Waals surface area contributed by atoms with Gasteiger partial charge in [-0.15, -0.1) is 0 Å². The molecule has 0 aliphatic heterocycles. The topological polar surface area (TPSA) is 73.8 Å². The summed E-state index contributed by atoms with van der Waals surface area (Å²) in [5.74, 6) is 0. The Balaban J connectivity index is 2.60. The minimum absolute atomic E-state index is 0.122. The van der Waals surface area contributed by atoms with Crippen molar-refractivity contribution < 1.29 is 0 Å². The number of pyridine rings is 1. The van der Waals surface area contributed by atoms with E-state index in [4.69, 9.17) is 5.73 Å². The maximum absolute atomic E-state index is 11.4. The summed E-state index contributed by atoms with van der Waals surface area (Å²) in [5.41, 5.74) is 7.41. The molecule has 5 heteroatoms. The molecule has 5 nitrogen and oxygen atoms in total. The number of rotatable bonds is 1. The first-order valence-electron chi connectivity index (χ1n) is 4.41. The van der Waals surface area contributed by atoms with Gasteiger partial charge in [0.2, 0.25) is 0 Å². The van der Waals surface area contributed by atoms with Gasteiger partial charge in [0, 0.05) is 36.8 Å². The molecule has 0 aliphatic rings. The Kier molecular flexibility index (Phi) is 2.21. The second-order valence-corrected chi connectivity index (χ2v) is 3.19. The highest BCUT2D eigenvalue weighted by Crippen LogP contribution is 2.20. The lowest BCUT2D eigenvalue weighted by molar-refractivity contribution is 0.826. The van der Waals surface area contributed by atoms with Crippen LogP contribution in [0.2, 0.25) is 0 Å². The molecule has 0 spiro atoms. The van der Waals surface area contributed by atoms with Crippen molar-refractivity contribution in [2.24, 2.45) is 7.05 Å². The predicted molar refractivity (Wildman–Crippen MR) is 57.1 cm³/mol. The van der Waals surface area contributed by atoms with Crippen molar-refractivity contribution in [3.8, 4) is 11.3 Å². The van der Waals surface area contributed by atoms with E-state index in [1.807, 2.05) is 0 Å². The summed E-state index contributed by atoms with van der Waals surface area (Å²) >= 11 is 0. The molecule has 2 N–H and O–H groups in total. The van der Waals surface area contributed by atoms with Crippen molar-refractivity contribution in [2.75, 3.05) is 5.73 Å². The first kappa shape index (κ1) is 9.39. The standard InChI is InChI=1S/C10H10N4O/c1-14-6-13-9(4-10(14)15)7-5-12-3-2-8(7)11/h2-6H,1H3,(H2,11,12). The summed E-state index contributed by atoms with van der Waals surface area (Å²) in [6, 6.07) is 3.11. The van der Waals surface area contributed by atoms with E-state index in [2.05, 4.69) is 9.97 Å². The number of hydrogen-bond donors (Lipinski definition) is 1. The van der Waals surface area contributed by atoms with Crippen molar-refractivity contribution in [3.05, 3.63) is 41.2 Å². The van der Waals surface area contributed by atoms with Gasteiger partial charge in [-0.2, -0.15) is 0 Å². The van der Waals surface area contributed by atoms with E-state index in [0.717, 1.165) is 0 Å². The maximum atomic E-state index is 11.4. The van der Waals surface area contributed by atoms with Gasteiger partial charge in [0.05, 0.1) is 12.0 Å². The van der Waals surface area contributed by atoms with Crippen LogP contribution in [0.5, 0.6) is 0 Å². The molecular weight excluding hydrogens is 192 g/mol. The molecule has 0 aliphatic carbocycles. The van der Waals surface area contributed by atoms with Gasteiger partial charge in [-0.05, 0) is 6.07 Å². The van der Waals surface area contributed by atoms with Crippen LogP contribution in [0.3, 0.4) is 0 Å².